The van der Waals surface area contributed by atoms with E-state index in [9.17, 15) is 19.2 Å². The lowest BCUT2D eigenvalue weighted by molar-refractivity contribution is 0.101. The molecule has 3 heterocycles. The third-order valence-corrected chi connectivity index (χ3v) is 6.32. The molecule has 170 valence electrons. The van der Waals surface area contributed by atoms with Crippen molar-refractivity contribution in [1.82, 2.24) is 24.1 Å². The monoisotopic (exact) mass is 457 g/mol. The topological polar surface area (TPSA) is 120 Å². The van der Waals surface area contributed by atoms with Gasteiger partial charge in [-0.2, -0.15) is 0 Å². The Morgan fingerprint density at radius 3 is 2.22 bits per heavy atom. The smallest absolute Gasteiger partial charge is 0.332 e. The molecular formula is C22H27N5O4S. The Bertz CT molecular complexity index is 1390. The molecule has 0 fully saturated rings. The van der Waals surface area contributed by atoms with Gasteiger partial charge in [0.2, 0.25) is 0 Å². The summed E-state index contributed by atoms with van der Waals surface area (Å²) < 4.78 is 2.32. The highest BCUT2D eigenvalue weighted by atomic mass is 32.2. The fourth-order valence-electron chi connectivity index (χ4n) is 3.63. The molecule has 10 heteroatoms. The van der Waals surface area contributed by atoms with Crippen LogP contribution in [0.1, 0.15) is 65.6 Å². The number of ketones is 2. The number of aryl methyl sites for hydroxylation is 2. The van der Waals surface area contributed by atoms with E-state index >= 15 is 0 Å². The van der Waals surface area contributed by atoms with Crippen molar-refractivity contribution >= 4 is 34.4 Å². The van der Waals surface area contributed by atoms with Crippen LogP contribution in [0, 0.1) is 13.8 Å². The first-order valence-corrected chi connectivity index (χ1v) is 11.1. The number of aromatic nitrogens is 5. The largest absolute Gasteiger partial charge is 0.355 e. The molecule has 1 N–H and O–H groups in total. The minimum absolute atomic E-state index is 0.000169. The fourth-order valence-corrected chi connectivity index (χ4v) is 4.52. The van der Waals surface area contributed by atoms with Crippen LogP contribution >= 0.6 is 11.8 Å². The lowest BCUT2D eigenvalue weighted by atomic mass is 9.96. The molecule has 0 amide bonds. The molecule has 3 rings (SSSR count). The summed E-state index contributed by atoms with van der Waals surface area (Å²) in [5, 5.41) is 0.543. The molecule has 0 atom stereocenters. The molecule has 3 aromatic rings. The van der Waals surface area contributed by atoms with Crippen LogP contribution < -0.4 is 11.2 Å². The molecule has 0 radical (unpaired) electrons. The van der Waals surface area contributed by atoms with Gasteiger partial charge in [0.15, 0.2) is 17.2 Å². The summed E-state index contributed by atoms with van der Waals surface area (Å²) in [4.78, 5) is 62.3. The molecule has 9 nitrogen and oxygen atoms in total. The number of rotatable bonds is 5. The van der Waals surface area contributed by atoms with E-state index in [0.29, 0.717) is 33.4 Å². The molecule has 0 aromatic carbocycles. The molecular weight excluding hydrogens is 430 g/mol. The molecule has 32 heavy (non-hydrogen) atoms. The van der Waals surface area contributed by atoms with Gasteiger partial charge in [-0.15, -0.1) is 0 Å². The van der Waals surface area contributed by atoms with E-state index in [4.69, 9.17) is 0 Å². The molecule has 0 saturated heterocycles. The number of hydrogen-bond acceptors (Lipinski definition) is 7. The number of aromatic amines is 1. The van der Waals surface area contributed by atoms with Gasteiger partial charge in [0.25, 0.3) is 5.56 Å². The standard InChI is InChI=1S/C22H27N5O4S/c1-10-14(12(3)28)11(2)23-16(10)13(29)9-32-18-15-17(24-20(25-18)22(4,5)6)26(7)21(31)27(8)19(15)30/h23H,9H2,1-8H3. The minimum Gasteiger partial charge on any atom is -0.355 e. The minimum atomic E-state index is -0.510. The van der Waals surface area contributed by atoms with Crippen molar-refractivity contribution in [2.45, 2.75) is 52.0 Å². The highest BCUT2D eigenvalue weighted by Crippen LogP contribution is 2.28. The highest BCUT2D eigenvalue weighted by molar-refractivity contribution is 8.00. The van der Waals surface area contributed by atoms with Crippen molar-refractivity contribution in [2.75, 3.05) is 5.75 Å². The Hall–Kier alpha value is -3.01. The van der Waals surface area contributed by atoms with Gasteiger partial charge in [0.05, 0.1) is 11.4 Å². The third-order valence-electron chi connectivity index (χ3n) is 5.35. The number of H-pyrrole nitrogens is 1. The van der Waals surface area contributed by atoms with Gasteiger partial charge in [-0.05, 0) is 26.3 Å². The van der Waals surface area contributed by atoms with Crippen LogP contribution in [0.2, 0.25) is 0 Å². The zero-order chi connectivity index (χ0) is 24.1. The lowest BCUT2D eigenvalue weighted by Gasteiger charge is -2.19. The number of fused-ring (bicyclic) bond motifs is 1. The van der Waals surface area contributed by atoms with E-state index in [1.54, 1.807) is 20.9 Å². The summed E-state index contributed by atoms with van der Waals surface area (Å²) in [5.41, 5.74) is 0.954. The highest BCUT2D eigenvalue weighted by Gasteiger charge is 2.25. The van der Waals surface area contributed by atoms with Crippen molar-refractivity contribution in [2.24, 2.45) is 14.1 Å². The molecule has 0 aliphatic rings. The van der Waals surface area contributed by atoms with Crippen molar-refractivity contribution in [3.8, 4) is 0 Å². The van der Waals surface area contributed by atoms with Crippen molar-refractivity contribution in [3.05, 3.63) is 49.2 Å². The summed E-state index contributed by atoms with van der Waals surface area (Å²) in [5.74, 6) is 0.145. The fraction of sp³-hybridized carbons (Fsp3) is 0.455. The predicted molar refractivity (Wildman–Crippen MR) is 124 cm³/mol. The number of carbonyl (C=O) groups is 2. The van der Waals surface area contributed by atoms with Crippen LogP contribution in [0.4, 0.5) is 0 Å². The maximum atomic E-state index is 13.0. The normalized spacial score (nSPS) is 11.9. The SMILES string of the molecule is CC(=O)c1c(C)[nH]c(C(=O)CSc2nc(C(C)(C)C)nc3c2c(=O)n(C)c(=O)n3C)c1C. The van der Waals surface area contributed by atoms with Crippen LogP contribution in [0.3, 0.4) is 0 Å². The molecule has 0 unspecified atom stereocenters. The van der Waals surface area contributed by atoms with Crippen LogP contribution in [0.15, 0.2) is 14.6 Å². The van der Waals surface area contributed by atoms with Gasteiger partial charge in [-0.3, -0.25) is 23.5 Å². The Labute approximate surface area is 189 Å². The van der Waals surface area contributed by atoms with Crippen molar-refractivity contribution in [1.29, 1.82) is 0 Å². The summed E-state index contributed by atoms with van der Waals surface area (Å²) in [6, 6.07) is 0. The average Bonchev–Trinajstić information content (AvgIpc) is 3.01. The van der Waals surface area contributed by atoms with E-state index < -0.39 is 16.7 Å². The van der Waals surface area contributed by atoms with Gasteiger partial charge < -0.3 is 4.98 Å². The zero-order valence-corrected chi connectivity index (χ0v) is 20.4. The second-order valence-electron chi connectivity index (χ2n) is 8.90. The third kappa shape index (κ3) is 3.94. The number of nitrogens with zero attached hydrogens (tertiary/aromatic N) is 4. The van der Waals surface area contributed by atoms with Gasteiger partial charge >= 0.3 is 5.69 Å². The molecule has 0 saturated carbocycles. The first-order chi connectivity index (χ1) is 14.8. The van der Waals surface area contributed by atoms with Crippen molar-refractivity contribution < 1.29 is 9.59 Å². The Balaban J connectivity index is 2.12. The summed E-state index contributed by atoms with van der Waals surface area (Å²) in [6.45, 7) is 10.8. The van der Waals surface area contributed by atoms with Crippen LogP contribution in [-0.2, 0) is 19.5 Å². The van der Waals surface area contributed by atoms with Crippen LogP contribution in [0.5, 0.6) is 0 Å². The quantitative estimate of drug-likeness (QED) is 0.355. The van der Waals surface area contributed by atoms with Crippen LogP contribution in [-0.4, -0.2) is 41.4 Å². The molecule has 0 bridgehead atoms. The summed E-state index contributed by atoms with van der Waals surface area (Å²) in [6.07, 6.45) is 0. The van der Waals surface area contributed by atoms with Gasteiger partial charge in [0.1, 0.15) is 16.2 Å². The van der Waals surface area contributed by atoms with E-state index in [1.807, 2.05) is 20.8 Å². The lowest BCUT2D eigenvalue weighted by Crippen LogP contribution is -2.38. The summed E-state index contributed by atoms with van der Waals surface area (Å²) >= 11 is 1.12. The Kier molecular flexibility index (Phi) is 6.03. The van der Waals surface area contributed by atoms with E-state index in [-0.39, 0.29) is 28.4 Å². The molecule has 0 aliphatic heterocycles. The maximum Gasteiger partial charge on any atom is 0.332 e. The maximum absolute atomic E-state index is 13.0. The number of carbonyl (C=O) groups excluding carboxylic acids is 2. The number of thioether (sulfide) groups is 1. The van der Waals surface area contributed by atoms with Crippen LogP contribution in [0.25, 0.3) is 11.0 Å². The Morgan fingerprint density at radius 2 is 1.69 bits per heavy atom. The summed E-state index contributed by atoms with van der Waals surface area (Å²) in [7, 11) is 2.95. The van der Waals surface area contributed by atoms with Gasteiger partial charge in [-0.1, -0.05) is 32.5 Å². The number of hydrogen-bond donors (Lipinski definition) is 1. The number of nitrogens with one attached hydrogen (secondary N) is 1. The average molecular weight is 458 g/mol. The Morgan fingerprint density at radius 1 is 1.06 bits per heavy atom. The van der Waals surface area contributed by atoms with E-state index in [0.717, 1.165) is 16.3 Å². The van der Waals surface area contributed by atoms with E-state index in [2.05, 4.69) is 15.0 Å². The van der Waals surface area contributed by atoms with E-state index in [1.165, 1.54) is 18.5 Å². The second-order valence-corrected chi connectivity index (χ2v) is 9.86. The van der Waals surface area contributed by atoms with Gasteiger partial charge in [0, 0.05) is 30.8 Å². The molecule has 0 spiro atoms. The predicted octanol–water partition coefficient (Wildman–Crippen LogP) is 2.45. The molecule has 3 aromatic heterocycles. The van der Waals surface area contributed by atoms with Gasteiger partial charge in [-0.25, -0.2) is 14.8 Å². The first kappa shape index (κ1) is 23.6. The number of Topliss-reactive ketones (excluding diaryl/α,β-unsaturated/α-hetero) is 2. The first-order valence-electron chi connectivity index (χ1n) is 10.1. The molecule has 0 aliphatic carbocycles. The second kappa shape index (κ2) is 8.16. The van der Waals surface area contributed by atoms with Crippen molar-refractivity contribution in [3.63, 3.8) is 0 Å². The zero-order valence-electron chi connectivity index (χ0n) is 19.5.